The number of nitrogens with zero attached hydrogens (tertiary/aromatic N) is 1. The highest BCUT2D eigenvalue weighted by atomic mass is 35.5. The van der Waals surface area contributed by atoms with Crippen molar-refractivity contribution in [3.63, 3.8) is 0 Å². The van der Waals surface area contributed by atoms with Crippen molar-refractivity contribution < 1.29 is 17.9 Å². The fourth-order valence-corrected chi connectivity index (χ4v) is 4.93. The van der Waals surface area contributed by atoms with Crippen molar-refractivity contribution in [2.24, 2.45) is 0 Å². The molecule has 2 aromatic carbocycles. The lowest BCUT2D eigenvalue weighted by Crippen LogP contribution is -2.29. The zero-order valence-electron chi connectivity index (χ0n) is 14.9. The van der Waals surface area contributed by atoms with Crippen LogP contribution in [-0.2, 0) is 16.6 Å². The number of hydrogen-bond donors (Lipinski definition) is 1. The van der Waals surface area contributed by atoms with Gasteiger partial charge in [-0.05, 0) is 48.7 Å². The Morgan fingerprint density at radius 1 is 1.19 bits per heavy atom. The van der Waals surface area contributed by atoms with Gasteiger partial charge >= 0.3 is 0 Å². The second kappa shape index (κ2) is 8.29. The summed E-state index contributed by atoms with van der Waals surface area (Å²) in [6, 6.07) is 11.6. The molecule has 27 heavy (non-hydrogen) atoms. The maximum absolute atomic E-state index is 12.9. The zero-order valence-corrected chi connectivity index (χ0v) is 16.5. The summed E-state index contributed by atoms with van der Waals surface area (Å²) in [5.74, 6) is -0.135. The summed E-state index contributed by atoms with van der Waals surface area (Å²) >= 11 is 5.95. The van der Waals surface area contributed by atoms with Gasteiger partial charge < -0.3 is 10.1 Å². The van der Waals surface area contributed by atoms with E-state index in [0.29, 0.717) is 24.7 Å². The SMILES string of the molecule is COc1ccc(C(=O)NCc2cccc(Cl)c2)cc1S(=O)(=O)N1CCCC1. The maximum atomic E-state index is 12.9. The molecule has 3 rings (SSSR count). The van der Waals surface area contributed by atoms with Gasteiger partial charge in [-0.1, -0.05) is 23.7 Å². The fraction of sp³-hybridized carbons (Fsp3) is 0.316. The number of carbonyl (C=O) groups excluding carboxylic acids is 1. The third-order valence-electron chi connectivity index (χ3n) is 4.45. The molecule has 1 heterocycles. The first-order valence-electron chi connectivity index (χ1n) is 8.62. The van der Waals surface area contributed by atoms with Crippen molar-refractivity contribution in [2.45, 2.75) is 24.3 Å². The molecule has 1 aliphatic heterocycles. The molecule has 1 amide bonds. The van der Waals surface area contributed by atoms with E-state index in [-0.39, 0.29) is 22.1 Å². The van der Waals surface area contributed by atoms with Gasteiger partial charge in [0, 0.05) is 30.2 Å². The predicted molar refractivity (Wildman–Crippen MR) is 104 cm³/mol. The van der Waals surface area contributed by atoms with Crippen LogP contribution < -0.4 is 10.1 Å². The number of halogens is 1. The number of nitrogens with one attached hydrogen (secondary N) is 1. The summed E-state index contributed by atoms with van der Waals surface area (Å²) in [6.45, 7) is 1.26. The molecule has 0 bridgehead atoms. The number of ether oxygens (including phenoxy) is 1. The highest BCUT2D eigenvalue weighted by Crippen LogP contribution is 2.29. The summed E-state index contributed by atoms with van der Waals surface area (Å²) in [7, 11) is -2.29. The minimum atomic E-state index is -3.70. The molecule has 1 N–H and O–H groups in total. The van der Waals surface area contributed by atoms with Crippen molar-refractivity contribution in [3.8, 4) is 5.75 Å². The van der Waals surface area contributed by atoms with Gasteiger partial charge in [-0.2, -0.15) is 4.31 Å². The quantitative estimate of drug-likeness (QED) is 0.797. The number of benzene rings is 2. The first-order chi connectivity index (χ1) is 12.9. The molecule has 0 radical (unpaired) electrons. The minimum Gasteiger partial charge on any atom is -0.495 e. The van der Waals surface area contributed by atoms with Crippen LogP contribution in [0.3, 0.4) is 0 Å². The zero-order chi connectivity index (χ0) is 19.4. The summed E-state index contributed by atoms with van der Waals surface area (Å²) in [5, 5.41) is 3.37. The first-order valence-corrected chi connectivity index (χ1v) is 10.4. The van der Waals surface area contributed by atoms with Gasteiger partial charge in [-0.15, -0.1) is 0 Å². The second-order valence-corrected chi connectivity index (χ2v) is 8.63. The standard InChI is InChI=1S/C19H21ClN2O4S/c1-26-17-8-7-15(12-18(17)27(24,25)22-9-2-3-10-22)19(23)21-13-14-5-4-6-16(20)11-14/h4-8,11-12H,2-3,9-10,13H2,1H3,(H,21,23). The largest absolute Gasteiger partial charge is 0.495 e. The van der Waals surface area contributed by atoms with E-state index < -0.39 is 10.0 Å². The van der Waals surface area contributed by atoms with E-state index in [1.165, 1.54) is 23.5 Å². The monoisotopic (exact) mass is 408 g/mol. The molecule has 144 valence electrons. The molecule has 0 saturated carbocycles. The summed E-state index contributed by atoms with van der Waals surface area (Å²) in [5.41, 5.74) is 1.12. The smallest absolute Gasteiger partial charge is 0.251 e. The van der Waals surface area contributed by atoms with Gasteiger partial charge in [0.05, 0.1) is 7.11 Å². The highest BCUT2D eigenvalue weighted by molar-refractivity contribution is 7.89. The van der Waals surface area contributed by atoms with Crippen LogP contribution in [0.1, 0.15) is 28.8 Å². The summed E-state index contributed by atoms with van der Waals surface area (Å²) in [6.07, 6.45) is 1.67. The number of rotatable bonds is 6. The van der Waals surface area contributed by atoms with Crippen molar-refractivity contribution in [2.75, 3.05) is 20.2 Å². The van der Waals surface area contributed by atoms with Crippen LogP contribution in [0.2, 0.25) is 5.02 Å². The van der Waals surface area contributed by atoms with Gasteiger partial charge in [0.1, 0.15) is 10.6 Å². The van der Waals surface area contributed by atoms with E-state index in [4.69, 9.17) is 16.3 Å². The van der Waals surface area contributed by atoms with E-state index in [1.54, 1.807) is 24.3 Å². The molecule has 6 nitrogen and oxygen atoms in total. The third kappa shape index (κ3) is 4.43. The Morgan fingerprint density at radius 3 is 2.59 bits per heavy atom. The molecule has 0 aromatic heterocycles. The van der Waals surface area contributed by atoms with Crippen LogP contribution in [0, 0.1) is 0 Å². The van der Waals surface area contributed by atoms with Gasteiger partial charge in [0.25, 0.3) is 5.91 Å². The Labute approximate surface area is 164 Å². The number of sulfonamides is 1. The number of methoxy groups -OCH3 is 1. The van der Waals surface area contributed by atoms with Gasteiger partial charge in [-0.3, -0.25) is 4.79 Å². The molecule has 1 saturated heterocycles. The summed E-state index contributed by atoms with van der Waals surface area (Å²) < 4.78 is 32.5. The normalized spacial score (nSPS) is 14.9. The van der Waals surface area contributed by atoms with Crippen LogP contribution in [0.15, 0.2) is 47.4 Å². The van der Waals surface area contributed by atoms with E-state index in [0.717, 1.165) is 18.4 Å². The van der Waals surface area contributed by atoms with Gasteiger partial charge in [-0.25, -0.2) is 8.42 Å². The molecular weight excluding hydrogens is 388 g/mol. The first kappa shape index (κ1) is 19.7. The average molecular weight is 409 g/mol. The molecule has 1 aliphatic rings. The van der Waals surface area contributed by atoms with Crippen LogP contribution in [0.5, 0.6) is 5.75 Å². The van der Waals surface area contributed by atoms with Crippen molar-refractivity contribution in [1.29, 1.82) is 0 Å². The maximum Gasteiger partial charge on any atom is 0.251 e. The molecule has 0 spiro atoms. The molecule has 0 unspecified atom stereocenters. The fourth-order valence-electron chi connectivity index (χ4n) is 3.02. The molecular formula is C19H21ClN2O4S. The molecule has 0 atom stereocenters. The van der Waals surface area contributed by atoms with Crippen LogP contribution >= 0.6 is 11.6 Å². The molecule has 2 aromatic rings. The predicted octanol–water partition coefficient (Wildman–Crippen LogP) is 3.06. The average Bonchev–Trinajstić information content (AvgIpc) is 3.21. The van der Waals surface area contributed by atoms with Crippen LogP contribution in [-0.4, -0.2) is 38.8 Å². The Bertz CT molecular complexity index is 940. The van der Waals surface area contributed by atoms with Crippen molar-refractivity contribution in [3.05, 3.63) is 58.6 Å². The van der Waals surface area contributed by atoms with E-state index >= 15 is 0 Å². The Morgan fingerprint density at radius 2 is 1.93 bits per heavy atom. The lowest BCUT2D eigenvalue weighted by Gasteiger charge is -2.18. The highest BCUT2D eigenvalue weighted by Gasteiger charge is 2.30. The number of amides is 1. The molecule has 1 fully saturated rings. The molecule has 0 aliphatic carbocycles. The van der Waals surface area contributed by atoms with E-state index in [9.17, 15) is 13.2 Å². The van der Waals surface area contributed by atoms with E-state index in [2.05, 4.69) is 5.32 Å². The Balaban J connectivity index is 1.82. The number of carbonyl (C=O) groups is 1. The second-order valence-electron chi connectivity index (χ2n) is 6.29. The topological polar surface area (TPSA) is 75.7 Å². The lowest BCUT2D eigenvalue weighted by atomic mass is 10.2. The van der Waals surface area contributed by atoms with Crippen molar-refractivity contribution in [1.82, 2.24) is 9.62 Å². The van der Waals surface area contributed by atoms with Crippen molar-refractivity contribution >= 4 is 27.5 Å². The summed E-state index contributed by atoms with van der Waals surface area (Å²) in [4.78, 5) is 12.5. The molecule has 8 heteroatoms. The van der Waals surface area contributed by atoms with Crippen LogP contribution in [0.4, 0.5) is 0 Å². The Kier molecular flexibility index (Phi) is 6.04. The van der Waals surface area contributed by atoms with Crippen LogP contribution in [0.25, 0.3) is 0 Å². The van der Waals surface area contributed by atoms with E-state index in [1.807, 2.05) is 6.07 Å². The Hall–Kier alpha value is -2.09. The lowest BCUT2D eigenvalue weighted by molar-refractivity contribution is 0.0950. The van der Waals surface area contributed by atoms with Gasteiger partial charge in [0.15, 0.2) is 0 Å². The number of hydrogen-bond acceptors (Lipinski definition) is 4. The third-order valence-corrected chi connectivity index (χ3v) is 6.61. The van der Waals surface area contributed by atoms with Gasteiger partial charge in [0.2, 0.25) is 10.0 Å². The minimum absolute atomic E-state index is 0.0160.